The molecule has 2 aromatic carbocycles. The Labute approximate surface area is 228 Å². The zero-order chi connectivity index (χ0) is 25.9. The Morgan fingerprint density at radius 1 is 0.865 bits per heavy atom. The van der Waals surface area contributed by atoms with Gasteiger partial charge in [-0.15, -0.1) is 0 Å². The van der Waals surface area contributed by atoms with Crippen molar-refractivity contribution in [2.45, 2.75) is 26.7 Å². The molecule has 37 heavy (non-hydrogen) atoms. The fourth-order valence-corrected chi connectivity index (χ4v) is 3.22. The van der Waals surface area contributed by atoms with E-state index in [1.807, 2.05) is 30.5 Å². The molecule has 2 N–H and O–H groups in total. The number of aromatic amines is 2. The number of nitrogens with one attached hydrogen (secondary N) is 2. The van der Waals surface area contributed by atoms with Gasteiger partial charge in [0.1, 0.15) is 5.69 Å². The molecule has 0 unspecified atom stereocenters. The molecule has 5 rings (SSSR count). The molecule has 0 spiro atoms. The second-order valence-electron chi connectivity index (χ2n) is 8.12. The number of halogens is 7. The molecule has 0 saturated carbocycles. The Morgan fingerprint density at radius 2 is 1.51 bits per heavy atom. The van der Waals surface area contributed by atoms with Gasteiger partial charge in [-0.1, -0.05) is 39.0 Å². The average Bonchev–Trinajstić information content (AvgIpc) is 3.40. The number of aryl methyl sites for hydroxylation is 1. The van der Waals surface area contributed by atoms with E-state index < -0.39 is 7.81 Å². The number of H-pyrrole nitrogens is 2. The minimum absolute atomic E-state index is 0. The van der Waals surface area contributed by atoms with Gasteiger partial charge in [-0.05, 0) is 18.1 Å². The summed E-state index contributed by atoms with van der Waals surface area (Å²) in [6.07, 6.45) is 5.36. The quantitative estimate of drug-likeness (QED) is 0.101. The van der Waals surface area contributed by atoms with Gasteiger partial charge in [0.25, 0.3) is 0 Å². The number of benzene rings is 2. The number of para-hydroxylation sites is 1. The van der Waals surface area contributed by atoms with Crippen molar-refractivity contribution in [3.8, 4) is 11.5 Å². The maximum absolute atomic E-state index is 10.7. The van der Waals surface area contributed by atoms with Crippen molar-refractivity contribution in [2.75, 3.05) is 0 Å². The second-order valence-corrected chi connectivity index (χ2v) is 10.0. The number of hydrogen-bond acceptors (Lipinski definition) is 2. The third kappa shape index (κ3) is 10.8. The van der Waals surface area contributed by atoms with Crippen LogP contribution in [-0.4, -0.2) is 19.9 Å². The van der Waals surface area contributed by atoms with Gasteiger partial charge in [-0.25, -0.2) is 4.98 Å². The Bertz CT molecular complexity index is 1410. The van der Waals surface area contributed by atoms with E-state index in [4.69, 9.17) is 0 Å². The molecule has 4 nitrogen and oxygen atoms in total. The third-order valence-corrected chi connectivity index (χ3v) is 4.76. The summed E-state index contributed by atoms with van der Waals surface area (Å²) in [5.74, 6) is 1.38. The van der Waals surface area contributed by atoms with Crippen molar-refractivity contribution in [1.82, 2.24) is 19.9 Å². The van der Waals surface area contributed by atoms with Crippen molar-refractivity contribution in [2.24, 2.45) is 0 Å². The van der Waals surface area contributed by atoms with E-state index in [0.29, 0.717) is 5.92 Å². The summed E-state index contributed by atoms with van der Waals surface area (Å²) in [4.78, 5) is 15.2. The predicted molar refractivity (Wildman–Crippen MR) is 129 cm³/mol. The smallest absolute Gasteiger partial charge is 1.00 e. The molecule has 5 aromatic rings. The van der Waals surface area contributed by atoms with Crippen LogP contribution < -0.4 is 12.4 Å². The molecule has 0 atom stereocenters. The third-order valence-electron chi connectivity index (χ3n) is 4.76. The van der Waals surface area contributed by atoms with Crippen LogP contribution in [0.1, 0.15) is 30.9 Å². The van der Waals surface area contributed by atoms with E-state index in [0.717, 1.165) is 22.6 Å². The van der Waals surface area contributed by atoms with Gasteiger partial charge in [0.2, 0.25) is 0 Å². The van der Waals surface area contributed by atoms with Crippen LogP contribution in [0, 0.1) is 13.0 Å². The summed E-state index contributed by atoms with van der Waals surface area (Å²) in [5, 5.41) is 2.38. The van der Waals surface area contributed by atoms with Crippen molar-refractivity contribution in [1.29, 1.82) is 0 Å². The first-order valence-corrected chi connectivity index (χ1v) is 12.5. The number of pyridine rings is 1. The fourth-order valence-electron chi connectivity index (χ4n) is 3.22. The van der Waals surface area contributed by atoms with E-state index in [1.165, 1.54) is 21.9 Å². The molecule has 201 valence electrons. The normalized spacial score (nSPS) is 12.7. The van der Waals surface area contributed by atoms with Crippen LogP contribution in [0.4, 0.5) is 25.2 Å². The van der Waals surface area contributed by atoms with Crippen molar-refractivity contribution in [3.05, 3.63) is 84.3 Å². The number of fused-ring (bicyclic) bond motifs is 3. The van der Waals surface area contributed by atoms with E-state index in [9.17, 15) is 25.2 Å². The van der Waals surface area contributed by atoms with E-state index in [2.05, 4.69) is 71.0 Å². The Kier molecular flexibility index (Phi) is 10.1. The molecule has 0 bridgehead atoms. The minimum atomic E-state index is -10.7. The molecule has 3 aromatic heterocycles. The first-order valence-electron chi connectivity index (χ1n) is 10.5. The number of imidazole rings is 1. The average molecular weight is 649 g/mol. The van der Waals surface area contributed by atoms with Gasteiger partial charge in [-0.3, -0.25) is 4.98 Å². The molecule has 0 aliphatic rings. The first-order chi connectivity index (χ1) is 16.1. The first kappa shape index (κ1) is 32.6. The van der Waals surface area contributed by atoms with Crippen LogP contribution in [-0.2, 0) is 19.5 Å². The van der Waals surface area contributed by atoms with Gasteiger partial charge < -0.3 is 22.4 Å². The largest absolute Gasteiger partial charge is 3.00 e. The second kappa shape index (κ2) is 11.5. The number of aromatic nitrogens is 4. The van der Waals surface area contributed by atoms with Gasteiger partial charge in [0.15, 0.2) is 5.82 Å². The number of nitrogens with zero attached hydrogens (tertiary/aromatic N) is 2. The van der Waals surface area contributed by atoms with Crippen LogP contribution in [0.3, 0.4) is 0 Å². The van der Waals surface area contributed by atoms with Gasteiger partial charge >= 0.3 is 52.5 Å². The molecule has 1 radical (unpaired) electrons. The van der Waals surface area contributed by atoms with Crippen molar-refractivity contribution >= 4 is 29.6 Å². The molecule has 0 aliphatic carbocycles. The van der Waals surface area contributed by atoms with Crippen LogP contribution in [0.5, 0.6) is 0 Å². The summed E-state index contributed by atoms with van der Waals surface area (Å²) in [6.45, 7) is 6.45. The number of rotatable bonds is 2. The fraction of sp³-hybridized carbons (Fsp3) is 0.167. The van der Waals surface area contributed by atoms with Crippen molar-refractivity contribution < 1.29 is 57.1 Å². The monoisotopic (exact) mass is 649 g/mol. The van der Waals surface area contributed by atoms with Crippen LogP contribution in [0.25, 0.3) is 33.3 Å². The van der Waals surface area contributed by atoms with Crippen molar-refractivity contribution in [3.63, 3.8) is 0 Å². The summed E-state index contributed by atoms with van der Waals surface area (Å²) in [7, 11) is -10.7. The van der Waals surface area contributed by atoms with Gasteiger partial charge in [-0.2, -0.15) is 35.4 Å². The molecule has 13 heteroatoms. The molecule has 0 amide bonds. The maximum Gasteiger partial charge on any atom is 3.00 e. The van der Waals surface area contributed by atoms with Gasteiger partial charge in [0, 0.05) is 34.9 Å². The summed E-state index contributed by atoms with van der Waals surface area (Å²) < 4.78 is 59.2. The minimum Gasteiger partial charge on any atom is -1.00 e. The topological polar surface area (TPSA) is 57.4 Å². The van der Waals surface area contributed by atoms with E-state index in [1.54, 1.807) is 12.4 Å². The summed E-state index contributed by atoms with van der Waals surface area (Å²) >= 11 is 0. The van der Waals surface area contributed by atoms with E-state index >= 15 is 0 Å². The molecular weight excluding hydrogens is 626 g/mol. The van der Waals surface area contributed by atoms with E-state index in [-0.39, 0.29) is 31.9 Å². The molecule has 0 fully saturated rings. The SMILES string of the molecule is Cc1c[c-]c(C(C)C)cc1.F[P-](F)(F)(F)(F)F.[Cl-].[Ru+3].c1ccc2c(c1)[nH]c1c(-c3ncc[nH]3)nccc12. The Morgan fingerprint density at radius 3 is 2.05 bits per heavy atom. The Balaban J connectivity index is 0.000000310. The zero-order valence-corrected chi connectivity index (χ0v) is 23.2. The van der Waals surface area contributed by atoms with Gasteiger partial charge in [0.05, 0.1) is 5.52 Å². The standard InChI is InChI=1S/C14H10N4.C10H13.ClH.F6P.Ru/c1-2-4-11-9(3-1)10-5-6-15-13(12(10)18-11)14-16-7-8-17-14;1-8(2)10-6-4-9(3)5-7-10;;1-7(2,3,4,5)6;/h1-8,18H,(H,16,17);4-6,8H,1-3H3;1H;;/q;-1;;-1;+3/p-1. The zero-order valence-electron chi connectivity index (χ0n) is 19.8. The predicted octanol–water partition coefficient (Wildman–Crippen LogP) is 6.41. The summed E-state index contributed by atoms with van der Waals surface area (Å²) in [5.41, 5.74) is 5.57. The Hall–Kier alpha value is -2.48. The molecule has 0 aliphatic heterocycles. The molecule has 3 heterocycles. The number of hydrogen-bond donors (Lipinski definition) is 2. The van der Waals surface area contributed by atoms with Crippen LogP contribution in [0.15, 0.2) is 67.1 Å². The molecular formula is C24H23ClF6N4PRu. The summed E-state index contributed by atoms with van der Waals surface area (Å²) in [6, 6.07) is 19.8. The molecule has 0 saturated heterocycles. The van der Waals surface area contributed by atoms with Crippen LogP contribution >= 0.6 is 7.81 Å². The van der Waals surface area contributed by atoms with Crippen LogP contribution in [0.2, 0.25) is 0 Å². The maximum atomic E-state index is 9.87.